The number of hydrogen-bond donors (Lipinski definition) is 1. The number of fused-ring (bicyclic) bond motifs is 2. The van der Waals surface area contributed by atoms with Crippen LogP contribution in [0.15, 0.2) is 63.8 Å². The van der Waals surface area contributed by atoms with Crippen molar-refractivity contribution in [3.63, 3.8) is 0 Å². The first kappa shape index (κ1) is 13.7. The van der Waals surface area contributed by atoms with E-state index in [0.29, 0.717) is 10.3 Å². The molecule has 0 saturated carbocycles. The van der Waals surface area contributed by atoms with Crippen LogP contribution in [0.25, 0.3) is 21.1 Å². The second-order valence-corrected chi connectivity index (χ2v) is 6.17. The molecule has 0 fully saturated rings. The van der Waals surface area contributed by atoms with E-state index in [1.54, 1.807) is 30.3 Å². The van der Waals surface area contributed by atoms with Crippen LogP contribution in [-0.4, -0.2) is 10.9 Å². The van der Waals surface area contributed by atoms with E-state index >= 15 is 0 Å². The van der Waals surface area contributed by atoms with Gasteiger partial charge in [0.2, 0.25) is 5.78 Å². The van der Waals surface area contributed by atoms with E-state index < -0.39 is 11.4 Å². The van der Waals surface area contributed by atoms with Gasteiger partial charge < -0.3 is 9.52 Å². The van der Waals surface area contributed by atoms with Crippen LogP contribution in [0.1, 0.15) is 15.2 Å². The quantitative estimate of drug-likeness (QED) is 0.448. The summed E-state index contributed by atoms with van der Waals surface area (Å²) in [5, 5.41) is 11.6. The highest BCUT2D eigenvalue weighted by molar-refractivity contribution is 7.21. The fourth-order valence-corrected chi connectivity index (χ4v) is 3.56. The molecule has 0 aliphatic carbocycles. The lowest BCUT2D eigenvalue weighted by atomic mass is 10.1. The smallest absolute Gasteiger partial charge is 0.351 e. The first-order valence-corrected chi connectivity index (χ1v) is 7.75. The van der Waals surface area contributed by atoms with E-state index in [1.807, 2.05) is 24.3 Å². The number of benzene rings is 2. The Morgan fingerprint density at radius 1 is 1.04 bits per heavy atom. The van der Waals surface area contributed by atoms with Gasteiger partial charge in [0.1, 0.15) is 11.3 Å². The number of rotatable bonds is 2. The van der Waals surface area contributed by atoms with E-state index in [0.717, 1.165) is 10.1 Å². The van der Waals surface area contributed by atoms with Crippen LogP contribution in [0.2, 0.25) is 0 Å². The summed E-state index contributed by atoms with van der Waals surface area (Å²) in [5.74, 6) is -0.859. The lowest BCUT2D eigenvalue weighted by Crippen LogP contribution is -2.14. The first-order chi connectivity index (χ1) is 11.1. The highest BCUT2D eigenvalue weighted by atomic mass is 32.1. The number of carbonyl (C=O) groups is 1. The molecule has 4 rings (SSSR count). The summed E-state index contributed by atoms with van der Waals surface area (Å²) in [6, 6.07) is 15.9. The van der Waals surface area contributed by atoms with Gasteiger partial charge in [0.05, 0.1) is 10.3 Å². The molecule has 4 nitrogen and oxygen atoms in total. The average Bonchev–Trinajstić information content (AvgIpc) is 2.99. The zero-order valence-corrected chi connectivity index (χ0v) is 12.6. The zero-order chi connectivity index (χ0) is 16.0. The largest absolute Gasteiger partial charge is 0.506 e. The van der Waals surface area contributed by atoms with Crippen LogP contribution >= 0.6 is 11.3 Å². The van der Waals surface area contributed by atoms with Crippen LogP contribution in [0.3, 0.4) is 0 Å². The molecule has 112 valence electrons. The molecule has 0 aliphatic rings. The normalized spacial score (nSPS) is 11.1. The maximum Gasteiger partial charge on any atom is 0.351 e. The summed E-state index contributed by atoms with van der Waals surface area (Å²) in [4.78, 5) is 25.2. The number of thiophene rings is 1. The maximum absolute atomic E-state index is 12.7. The summed E-state index contributed by atoms with van der Waals surface area (Å²) in [7, 11) is 0. The number of para-hydroxylation sites is 1. The van der Waals surface area contributed by atoms with Gasteiger partial charge in [-0.25, -0.2) is 4.79 Å². The number of hydrogen-bond acceptors (Lipinski definition) is 5. The molecule has 0 saturated heterocycles. The standard InChI is InChI=1S/C18H10O4S/c19-16-11-6-2-3-7-12(11)22-18(21)15(16)17(20)14-9-10-5-1-4-8-13(10)23-14/h1-9,19H. The Balaban J connectivity index is 1.94. The van der Waals surface area contributed by atoms with Crippen LogP contribution < -0.4 is 5.63 Å². The molecular weight excluding hydrogens is 312 g/mol. The highest BCUT2D eigenvalue weighted by Gasteiger charge is 2.23. The Kier molecular flexibility index (Phi) is 3.02. The van der Waals surface area contributed by atoms with Crippen molar-refractivity contribution >= 4 is 38.2 Å². The molecule has 0 aliphatic heterocycles. The third-order valence-corrected chi connectivity index (χ3v) is 4.78. The van der Waals surface area contributed by atoms with Gasteiger partial charge in [-0.3, -0.25) is 4.79 Å². The van der Waals surface area contributed by atoms with Crippen molar-refractivity contribution in [2.45, 2.75) is 0 Å². The number of ketones is 1. The molecule has 23 heavy (non-hydrogen) atoms. The first-order valence-electron chi connectivity index (χ1n) is 6.93. The van der Waals surface area contributed by atoms with Gasteiger partial charge in [-0.15, -0.1) is 11.3 Å². The molecule has 0 spiro atoms. The minimum absolute atomic E-state index is 0.253. The predicted octanol–water partition coefficient (Wildman–Crippen LogP) is 3.94. The molecule has 0 bridgehead atoms. The van der Waals surface area contributed by atoms with E-state index in [-0.39, 0.29) is 16.9 Å². The Morgan fingerprint density at radius 2 is 1.78 bits per heavy atom. The molecule has 0 unspecified atom stereocenters. The van der Waals surface area contributed by atoms with Gasteiger partial charge in [-0.05, 0) is 29.7 Å². The fourth-order valence-electron chi connectivity index (χ4n) is 2.55. The van der Waals surface area contributed by atoms with Crippen LogP contribution in [0, 0.1) is 0 Å². The Labute approximate surface area is 134 Å². The zero-order valence-electron chi connectivity index (χ0n) is 11.8. The van der Waals surface area contributed by atoms with Gasteiger partial charge >= 0.3 is 5.63 Å². The molecule has 4 aromatic rings. The van der Waals surface area contributed by atoms with Crippen LogP contribution in [-0.2, 0) is 0 Å². The Bertz CT molecular complexity index is 1090. The van der Waals surface area contributed by atoms with Gasteiger partial charge in [0.15, 0.2) is 5.56 Å². The van der Waals surface area contributed by atoms with Crippen molar-refractivity contribution in [3.05, 3.63) is 75.5 Å². The summed E-state index contributed by atoms with van der Waals surface area (Å²) in [5.41, 5.74) is -0.901. The van der Waals surface area contributed by atoms with Gasteiger partial charge in [-0.2, -0.15) is 0 Å². The molecule has 2 aromatic carbocycles. The topological polar surface area (TPSA) is 67.5 Å². The second kappa shape index (κ2) is 5.07. The van der Waals surface area contributed by atoms with Crippen molar-refractivity contribution in [2.75, 3.05) is 0 Å². The summed E-state index contributed by atoms with van der Waals surface area (Å²) >= 11 is 1.28. The lowest BCUT2D eigenvalue weighted by Gasteiger charge is -2.04. The second-order valence-electron chi connectivity index (χ2n) is 5.09. The van der Waals surface area contributed by atoms with Crippen LogP contribution in [0.5, 0.6) is 5.75 Å². The molecule has 0 amide bonds. The lowest BCUT2D eigenvalue weighted by molar-refractivity contribution is 0.103. The predicted molar refractivity (Wildman–Crippen MR) is 89.4 cm³/mol. The van der Waals surface area contributed by atoms with Gasteiger partial charge in [0, 0.05) is 4.70 Å². The number of carbonyl (C=O) groups excluding carboxylic acids is 1. The van der Waals surface area contributed by atoms with Crippen LogP contribution in [0.4, 0.5) is 0 Å². The van der Waals surface area contributed by atoms with E-state index in [1.165, 1.54) is 11.3 Å². The fraction of sp³-hybridized carbons (Fsp3) is 0. The number of aromatic hydroxyl groups is 1. The van der Waals surface area contributed by atoms with E-state index in [2.05, 4.69) is 0 Å². The SMILES string of the molecule is O=C(c1cc2ccccc2s1)c1c(O)c2ccccc2oc1=O. The van der Waals surface area contributed by atoms with Gasteiger partial charge in [0.25, 0.3) is 0 Å². The third-order valence-electron chi connectivity index (χ3n) is 3.66. The Morgan fingerprint density at radius 3 is 2.61 bits per heavy atom. The molecule has 0 atom stereocenters. The molecule has 2 aromatic heterocycles. The minimum Gasteiger partial charge on any atom is -0.506 e. The molecule has 1 N–H and O–H groups in total. The van der Waals surface area contributed by atoms with Crippen molar-refractivity contribution < 1.29 is 14.3 Å². The Hall–Kier alpha value is -2.92. The molecule has 2 heterocycles. The molecular formula is C18H10O4S. The van der Waals surface area contributed by atoms with Crippen molar-refractivity contribution in [1.29, 1.82) is 0 Å². The van der Waals surface area contributed by atoms with Crippen molar-refractivity contribution in [1.82, 2.24) is 0 Å². The summed E-state index contributed by atoms with van der Waals surface area (Å²) < 4.78 is 6.10. The summed E-state index contributed by atoms with van der Waals surface area (Å²) in [6.07, 6.45) is 0. The minimum atomic E-state index is -0.830. The molecule has 0 radical (unpaired) electrons. The highest BCUT2D eigenvalue weighted by Crippen LogP contribution is 2.31. The van der Waals surface area contributed by atoms with Crippen molar-refractivity contribution in [3.8, 4) is 5.75 Å². The third kappa shape index (κ3) is 2.13. The maximum atomic E-state index is 12.7. The van der Waals surface area contributed by atoms with E-state index in [9.17, 15) is 14.7 Å². The van der Waals surface area contributed by atoms with E-state index in [4.69, 9.17) is 4.42 Å². The average molecular weight is 322 g/mol. The molecule has 5 heteroatoms. The van der Waals surface area contributed by atoms with Crippen molar-refractivity contribution in [2.24, 2.45) is 0 Å². The van der Waals surface area contributed by atoms with Gasteiger partial charge in [-0.1, -0.05) is 30.3 Å². The monoisotopic (exact) mass is 322 g/mol. The summed E-state index contributed by atoms with van der Waals surface area (Å²) in [6.45, 7) is 0.